The summed E-state index contributed by atoms with van der Waals surface area (Å²) in [6.45, 7) is 2.57. The highest BCUT2D eigenvalue weighted by Crippen LogP contribution is 2.21. The number of nitrogens with zero attached hydrogens (tertiary/aromatic N) is 2. The Morgan fingerprint density at radius 3 is 2.89 bits per heavy atom. The summed E-state index contributed by atoms with van der Waals surface area (Å²) in [5, 5.41) is 0. The van der Waals surface area contributed by atoms with Gasteiger partial charge in [-0.3, -0.25) is 4.79 Å². The average Bonchev–Trinajstić information content (AvgIpc) is 2.90. The fourth-order valence-electron chi connectivity index (χ4n) is 1.67. The van der Waals surface area contributed by atoms with E-state index in [1.807, 2.05) is 18.2 Å². The number of aromatic nitrogens is 2. The molecule has 0 aliphatic rings. The summed E-state index contributed by atoms with van der Waals surface area (Å²) in [5.74, 6) is 1.35. The third-order valence-electron chi connectivity index (χ3n) is 2.81. The van der Waals surface area contributed by atoms with Crippen molar-refractivity contribution in [2.75, 3.05) is 12.8 Å². The SMILES string of the molecule is Cc1ccccc1SCC(=O)N(C)Cc1ncc[nH]1. The average molecular weight is 275 g/mol. The summed E-state index contributed by atoms with van der Waals surface area (Å²) in [4.78, 5) is 22.0. The number of carbonyl (C=O) groups is 1. The van der Waals surface area contributed by atoms with Crippen molar-refractivity contribution in [3.63, 3.8) is 0 Å². The van der Waals surface area contributed by atoms with Gasteiger partial charge in [0.25, 0.3) is 0 Å². The number of aromatic amines is 1. The predicted molar refractivity (Wildman–Crippen MR) is 77.0 cm³/mol. The Hall–Kier alpha value is -1.75. The van der Waals surface area contributed by atoms with Crippen LogP contribution in [0.2, 0.25) is 0 Å². The fraction of sp³-hybridized carbons (Fsp3) is 0.286. The highest BCUT2D eigenvalue weighted by Gasteiger charge is 2.11. The molecule has 0 bridgehead atoms. The molecule has 1 N–H and O–H groups in total. The van der Waals surface area contributed by atoms with Gasteiger partial charge in [0, 0.05) is 24.3 Å². The lowest BCUT2D eigenvalue weighted by molar-refractivity contribution is -0.127. The van der Waals surface area contributed by atoms with Gasteiger partial charge in [-0.15, -0.1) is 11.8 Å². The summed E-state index contributed by atoms with van der Waals surface area (Å²) in [6, 6.07) is 8.09. The molecule has 0 atom stereocenters. The van der Waals surface area contributed by atoms with E-state index in [4.69, 9.17) is 0 Å². The summed E-state index contributed by atoms with van der Waals surface area (Å²) in [7, 11) is 1.79. The van der Waals surface area contributed by atoms with Crippen molar-refractivity contribution in [2.45, 2.75) is 18.4 Å². The first kappa shape index (κ1) is 13.7. The van der Waals surface area contributed by atoms with E-state index in [0.717, 1.165) is 10.7 Å². The third kappa shape index (κ3) is 3.86. The lowest BCUT2D eigenvalue weighted by atomic mass is 10.2. The van der Waals surface area contributed by atoms with Crippen LogP contribution in [0.15, 0.2) is 41.6 Å². The van der Waals surface area contributed by atoms with E-state index < -0.39 is 0 Å². The Kier molecular flexibility index (Phi) is 4.63. The van der Waals surface area contributed by atoms with Gasteiger partial charge in [-0.1, -0.05) is 18.2 Å². The van der Waals surface area contributed by atoms with Crippen molar-refractivity contribution in [3.8, 4) is 0 Å². The van der Waals surface area contributed by atoms with Crippen molar-refractivity contribution < 1.29 is 4.79 Å². The molecule has 100 valence electrons. The van der Waals surface area contributed by atoms with Crippen LogP contribution in [0, 0.1) is 6.92 Å². The molecule has 1 heterocycles. The Bertz CT molecular complexity index is 539. The Morgan fingerprint density at radius 2 is 2.21 bits per heavy atom. The topological polar surface area (TPSA) is 49.0 Å². The molecule has 4 nitrogen and oxygen atoms in total. The van der Waals surface area contributed by atoms with Crippen molar-refractivity contribution in [1.29, 1.82) is 0 Å². The molecule has 1 amide bonds. The number of carbonyl (C=O) groups excluding carboxylic acids is 1. The molecule has 2 aromatic rings. The number of thioether (sulfide) groups is 1. The predicted octanol–water partition coefficient (Wildman–Crippen LogP) is 2.47. The monoisotopic (exact) mass is 275 g/mol. The third-order valence-corrected chi connectivity index (χ3v) is 3.97. The first-order chi connectivity index (χ1) is 9.16. The van der Waals surface area contributed by atoms with Crippen molar-refractivity contribution in [3.05, 3.63) is 48.0 Å². The number of hydrogen-bond acceptors (Lipinski definition) is 3. The molecule has 0 spiro atoms. The van der Waals surface area contributed by atoms with Crippen LogP contribution in [-0.2, 0) is 11.3 Å². The van der Waals surface area contributed by atoms with Gasteiger partial charge >= 0.3 is 0 Å². The number of aryl methyl sites for hydroxylation is 1. The molecule has 0 unspecified atom stereocenters. The van der Waals surface area contributed by atoms with Crippen LogP contribution < -0.4 is 0 Å². The lowest BCUT2D eigenvalue weighted by Gasteiger charge is -2.15. The summed E-state index contributed by atoms with van der Waals surface area (Å²) in [6.07, 6.45) is 3.45. The smallest absolute Gasteiger partial charge is 0.233 e. The van der Waals surface area contributed by atoms with Crippen molar-refractivity contribution >= 4 is 17.7 Å². The zero-order valence-corrected chi connectivity index (χ0v) is 11.9. The normalized spacial score (nSPS) is 10.4. The Balaban J connectivity index is 1.86. The van der Waals surface area contributed by atoms with Crippen LogP contribution in [0.3, 0.4) is 0 Å². The maximum atomic E-state index is 12.0. The van der Waals surface area contributed by atoms with Gasteiger partial charge in [0.2, 0.25) is 5.91 Å². The van der Waals surface area contributed by atoms with Gasteiger partial charge in [0.15, 0.2) is 0 Å². The number of benzene rings is 1. The second-order valence-electron chi connectivity index (χ2n) is 4.34. The summed E-state index contributed by atoms with van der Waals surface area (Å²) >= 11 is 1.57. The first-order valence-electron chi connectivity index (χ1n) is 6.07. The second-order valence-corrected chi connectivity index (χ2v) is 5.36. The summed E-state index contributed by atoms with van der Waals surface area (Å²) in [5.41, 5.74) is 1.20. The Labute approximate surface area is 117 Å². The largest absolute Gasteiger partial charge is 0.347 e. The van der Waals surface area contributed by atoms with Crippen LogP contribution in [0.1, 0.15) is 11.4 Å². The zero-order valence-electron chi connectivity index (χ0n) is 11.1. The molecule has 1 aromatic carbocycles. The van der Waals surface area contributed by atoms with Gasteiger partial charge in [0.05, 0.1) is 12.3 Å². The van der Waals surface area contributed by atoms with E-state index >= 15 is 0 Å². The van der Waals surface area contributed by atoms with E-state index in [9.17, 15) is 4.79 Å². The molecule has 0 fully saturated rings. The van der Waals surface area contributed by atoms with Gasteiger partial charge in [-0.2, -0.15) is 0 Å². The molecule has 0 aliphatic carbocycles. The van der Waals surface area contributed by atoms with Crippen LogP contribution in [0.4, 0.5) is 0 Å². The molecule has 5 heteroatoms. The molecule has 0 aliphatic heterocycles. The molecular weight excluding hydrogens is 258 g/mol. The Morgan fingerprint density at radius 1 is 1.42 bits per heavy atom. The molecule has 0 radical (unpaired) electrons. The minimum Gasteiger partial charge on any atom is -0.347 e. The quantitative estimate of drug-likeness (QED) is 0.853. The standard InChI is InChI=1S/C14H17N3OS/c1-11-5-3-4-6-12(11)19-10-14(18)17(2)9-13-15-7-8-16-13/h3-8H,9-10H2,1-2H3,(H,15,16). The van der Waals surface area contributed by atoms with E-state index in [1.54, 1.807) is 36.1 Å². The van der Waals surface area contributed by atoms with Gasteiger partial charge in [-0.25, -0.2) is 4.98 Å². The van der Waals surface area contributed by atoms with Crippen molar-refractivity contribution in [2.24, 2.45) is 0 Å². The van der Waals surface area contributed by atoms with E-state index in [2.05, 4.69) is 23.0 Å². The van der Waals surface area contributed by atoms with Gasteiger partial charge < -0.3 is 9.88 Å². The molecule has 0 saturated heterocycles. The number of amides is 1. The minimum absolute atomic E-state index is 0.102. The van der Waals surface area contributed by atoms with Crippen molar-refractivity contribution in [1.82, 2.24) is 14.9 Å². The molecular formula is C14H17N3OS. The minimum atomic E-state index is 0.102. The number of hydrogen-bond donors (Lipinski definition) is 1. The highest BCUT2D eigenvalue weighted by atomic mass is 32.2. The van der Waals surface area contributed by atoms with Crippen LogP contribution in [-0.4, -0.2) is 33.6 Å². The van der Waals surface area contributed by atoms with Crippen LogP contribution in [0.5, 0.6) is 0 Å². The first-order valence-corrected chi connectivity index (χ1v) is 7.06. The number of rotatable bonds is 5. The highest BCUT2D eigenvalue weighted by molar-refractivity contribution is 8.00. The van der Waals surface area contributed by atoms with E-state index in [-0.39, 0.29) is 5.91 Å². The number of H-pyrrole nitrogens is 1. The molecule has 1 aromatic heterocycles. The maximum Gasteiger partial charge on any atom is 0.233 e. The zero-order chi connectivity index (χ0) is 13.7. The van der Waals surface area contributed by atoms with Gasteiger partial charge in [0.1, 0.15) is 5.82 Å². The lowest BCUT2D eigenvalue weighted by Crippen LogP contribution is -2.28. The fourth-order valence-corrected chi connectivity index (χ4v) is 2.64. The second kappa shape index (κ2) is 6.43. The van der Waals surface area contributed by atoms with Crippen LogP contribution >= 0.6 is 11.8 Å². The number of nitrogens with one attached hydrogen (secondary N) is 1. The molecule has 2 rings (SSSR count). The van der Waals surface area contributed by atoms with Gasteiger partial charge in [-0.05, 0) is 18.6 Å². The van der Waals surface area contributed by atoms with Crippen LogP contribution in [0.25, 0.3) is 0 Å². The maximum absolute atomic E-state index is 12.0. The number of imidazole rings is 1. The van der Waals surface area contributed by atoms with E-state index in [1.165, 1.54) is 5.56 Å². The summed E-state index contributed by atoms with van der Waals surface area (Å²) < 4.78 is 0. The van der Waals surface area contributed by atoms with E-state index in [0.29, 0.717) is 12.3 Å². The molecule has 19 heavy (non-hydrogen) atoms. The molecule has 0 saturated carbocycles.